The third-order valence-corrected chi connectivity index (χ3v) is 8.84. The lowest BCUT2D eigenvalue weighted by Crippen LogP contribution is -2.37. The number of carbonyl (C=O) groups excluding carboxylic acids is 3. The van der Waals surface area contributed by atoms with Gasteiger partial charge in [-0.25, -0.2) is 4.98 Å². The first-order chi connectivity index (χ1) is 20.6. The van der Waals surface area contributed by atoms with Gasteiger partial charge in [-0.1, -0.05) is 35.3 Å². The zero-order chi connectivity index (χ0) is 30.7. The lowest BCUT2D eigenvalue weighted by molar-refractivity contribution is -0.122. The third-order valence-electron chi connectivity index (χ3n) is 7.11. The summed E-state index contributed by atoms with van der Waals surface area (Å²) in [6.07, 6.45) is 6.30. The number of amides is 3. The number of anilines is 2. The fraction of sp³-hybridized carbons (Fsp3) is 0.226. The number of imidazole rings is 1. The number of nitrogens with zero attached hydrogens (tertiary/aromatic N) is 4. The van der Waals surface area contributed by atoms with Crippen molar-refractivity contribution in [3.05, 3.63) is 92.3 Å². The van der Waals surface area contributed by atoms with E-state index in [9.17, 15) is 14.4 Å². The number of carbonyl (C=O) groups is 3. The average Bonchev–Trinajstić information content (AvgIpc) is 3.56. The number of likely N-dealkylation sites (N-methyl/N-ethyl adjacent to an activating group) is 1. The maximum Gasteiger partial charge on any atom is 0.246 e. The smallest absolute Gasteiger partial charge is 0.246 e. The molecule has 222 valence electrons. The highest BCUT2D eigenvalue weighted by Gasteiger charge is 2.22. The number of pyridine rings is 1. The number of rotatable bonds is 9. The molecule has 0 radical (unpaired) electrons. The molecule has 0 aliphatic carbocycles. The van der Waals surface area contributed by atoms with E-state index < -0.39 is 5.91 Å². The van der Waals surface area contributed by atoms with Crippen LogP contribution < -0.4 is 19.9 Å². The molecule has 1 aliphatic rings. The minimum atomic E-state index is -0.424. The molecule has 1 aliphatic heterocycles. The molecule has 1 saturated heterocycles. The van der Waals surface area contributed by atoms with Crippen LogP contribution in [0.3, 0.4) is 0 Å². The normalized spacial score (nSPS) is 13.2. The molecule has 0 unspecified atom stereocenters. The number of hydrogen-bond acceptors (Lipinski definition) is 5. The Hall–Kier alpha value is -3.86. The number of ether oxygens (including phenoxy) is 1. The molecule has 12 heteroatoms. The number of hydrogen-bond donors (Lipinski definition) is 1. The maximum atomic E-state index is 12.9. The van der Waals surface area contributed by atoms with Gasteiger partial charge in [-0.2, -0.15) is 0 Å². The molecular formula is C31H28BrCl2N5O4. The summed E-state index contributed by atoms with van der Waals surface area (Å²) in [6.45, 7) is 2.42. The minimum Gasteiger partial charge on any atom is -0.485 e. The van der Waals surface area contributed by atoms with E-state index in [2.05, 4.69) is 26.2 Å². The Morgan fingerprint density at radius 1 is 1.16 bits per heavy atom. The number of fused-ring (bicyclic) bond motifs is 1. The average molecular weight is 685 g/mol. The first-order valence-corrected chi connectivity index (χ1v) is 15.0. The van der Waals surface area contributed by atoms with Crippen LogP contribution in [0.1, 0.15) is 29.7 Å². The van der Waals surface area contributed by atoms with Crippen molar-refractivity contribution in [3.63, 3.8) is 0 Å². The molecule has 1 N–H and O–H groups in total. The number of nitrogens with one attached hydrogen (secondary N) is 1. The van der Waals surface area contributed by atoms with Crippen molar-refractivity contribution in [1.29, 1.82) is 0 Å². The molecule has 3 amide bonds. The van der Waals surface area contributed by atoms with Gasteiger partial charge >= 0.3 is 0 Å². The lowest BCUT2D eigenvalue weighted by atomic mass is 10.2. The van der Waals surface area contributed by atoms with Gasteiger partial charge in [-0.15, -0.1) is 0 Å². The quantitative estimate of drug-likeness (QED) is 0.212. The van der Waals surface area contributed by atoms with Gasteiger partial charge in [-0.3, -0.25) is 18.8 Å². The van der Waals surface area contributed by atoms with E-state index in [4.69, 9.17) is 27.9 Å². The van der Waals surface area contributed by atoms with Gasteiger partial charge in [-0.05, 0) is 77.3 Å². The minimum absolute atomic E-state index is 0.0492. The number of aromatic nitrogens is 2. The Morgan fingerprint density at radius 2 is 1.93 bits per heavy atom. The molecule has 0 atom stereocenters. The second-order valence-electron chi connectivity index (χ2n) is 9.95. The van der Waals surface area contributed by atoms with Crippen LogP contribution >= 0.6 is 39.1 Å². The Bertz CT molecular complexity index is 1740. The second-order valence-corrected chi connectivity index (χ2v) is 11.5. The number of benzene rings is 2. The third kappa shape index (κ3) is 6.71. The Kier molecular flexibility index (Phi) is 9.39. The molecule has 5 rings (SSSR count). The molecule has 2 aromatic carbocycles. The van der Waals surface area contributed by atoms with E-state index in [-0.39, 0.29) is 30.0 Å². The van der Waals surface area contributed by atoms with Crippen molar-refractivity contribution in [3.8, 4) is 5.75 Å². The van der Waals surface area contributed by atoms with Gasteiger partial charge in [0.25, 0.3) is 0 Å². The summed E-state index contributed by atoms with van der Waals surface area (Å²) >= 11 is 16.7. The topological polar surface area (TPSA) is 96.2 Å². The highest BCUT2D eigenvalue weighted by Crippen LogP contribution is 2.35. The molecule has 1 fully saturated rings. The second kappa shape index (κ2) is 13.2. The fourth-order valence-corrected chi connectivity index (χ4v) is 5.68. The van der Waals surface area contributed by atoms with Gasteiger partial charge in [0, 0.05) is 48.6 Å². The largest absolute Gasteiger partial charge is 0.485 e. The van der Waals surface area contributed by atoms with Crippen molar-refractivity contribution >= 4 is 80.0 Å². The fourth-order valence-electron chi connectivity index (χ4n) is 4.70. The predicted molar refractivity (Wildman–Crippen MR) is 172 cm³/mol. The van der Waals surface area contributed by atoms with Crippen LogP contribution in [0, 0.1) is 6.92 Å². The van der Waals surface area contributed by atoms with E-state index in [0.29, 0.717) is 34.1 Å². The molecule has 0 saturated carbocycles. The van der Waals surface area contributed by atoms with Crippen LogP contribution in [0.25, 0.3) is 11.7 Å². The summed E-state index contributed by atoms with van der Waals surface area (Å²) in [5.41, 5.74) is 4.03. The summed E-state index contributed by atoms with van der Waals surface area (Å²) in [5, 5.41) is 3.26. The summed E-state index contributed by atoms with van der Waals surface area (Å²) in [4.78, 5) is 44.9. The Morgan fingerprint density at radius 3 is 2.65 bits per heavy atom. The maximum absolute atomic E-state index is 12.9. The molecule has 3 heterocycles. The molecular weight excluding hydrogens is 657 g/mol. The number of aryl methyl sites for hydroxylation is 1. The molecule has 2 aromatic heterocycles. The molecule has 9 nitrogen and oxygen atoms in total. The highest BCUT2D eigenvalue weighted by molar-refractivity contribution is 9.10. The highest BCUT2D eigenvalue weighted by atomic mass is 79.9. The summed E-state index contributed by atoms with van der Waals surface area (Å²) < 4.78 is 8.75. The van der Waals surface area contributed by atoms with E-state index in [1.54, 1.807) is 36.2 Å². The summed E-state index contributed by atoms with van der Waals surface area (Å²) in [6, 6.07) is 14.3. The monoisotopic (exact) mass is 683 g/mol. The Balaban J connectivity index is 1.19. The van der Waals surface area contributed by atoms with Crippen molar-refractivity contribution < 1.29 is 19.1 Å². The van der Waals surface area contributed by atoms with Crippen molar-refractivity contribution in [1.82, 2.24) is 14.7 Å². The SMILES string of the molecule is Cc1nc2c(OCc3c(Cl)ccc(N(C)C(=O)CNC(=O)C=Cc4ccc(N5CCCC5=O)cc4)c3Cl)cccn2c1Br. The van der Waals surface area contributed by atoms with Crippen LogP contribution in [0.4, 0.5) is 11.4 Å². The van der Waals surface area contributed by atoms with Crippen molar-refractivity contribution in [2.45, 2.75) is 26.4 Å². The molecule has 43 heavy (non-hydrogen) atoms. The van der Waals surface area contributed by atoms with E-state index in [1.807, 2.05) is 47.9 Å². The first-order valence-electron chi connectivity index (χ1n) is 13.5. The number of halogens is 3. The molecule has 4 aromatic rings. The van der Waals surface area contributed by atoms with Crippen LogP contribution in [0.5, 0.6) is 5.75 Å². The van der Waals surface area contributed by atoms with Crippen LogP contribution in [0.15, 0.2) is 65.4 Å². The molecule has 0 bridgehead atoms. The predicted octanol–water partition coefficient (Wildman–Crippen LogP) is 6.21. The summed E-state index contributed by atoms with van der Waals surface area (Å²) in [5.74, 6) is -0.132. The van der Waals surface area contributed by atoms with Crippen molar-refractivity contribution in [2.24, 2.45) is 0 Å². The summed E-state index contributed by atoms with van der Waals surface area (Å²) in [7, 11) is 1.57. The lowest BCUT2D eigenvalue weighted by Gasteiger charge is -2.21. The zero-order valence-corrected chi connectivity index (χ0v) is 26.5. The van der Waals surface area contributed by atoms with E-state index in [0.717, 1.165) is 34.5 Å². The van der Waals surface area contributed by atoms with Gasteiger partial charge in [0.15, 0.2) is 11.4 Å². The van der Waals surface area contributed by atoms with Crippen LogP contribution in [-0.4, -0.2) is 47.2 Å². The van der Waals surface area contributed by atoms with Gasteiger partial charge in [0.1, 0.15) is 11.2 Å². The molecule has 0 spiro atoms. The Labute approximate surface area is 267 Å². The zero-order valence-electron chi connectivity index (χ0n) is 23.4. The first kappa shape index (κ1) is 30.6. The van der Waals surface area contributed by atoms with E-state index in [1.165, 1.54) is 11.0 Å². The van der Waals surface area contributed by atoms with E-state index >= 15 is 0 Å². The standard InChI is InChI=1S/C31H28BrCl2N5O4/c1-19-30(32)39-16-3-5-25(31(39)36-19)43-18-22-23(33)12-13-24(29(22)34)37(2)28(42)17-35-26(40)14-9-20-7-10-21(11-8-20)38-15-4-6-27(38)41/h3,5,7-14,16H,4,6,15,17-18H2,1-2H3,(H,35,40). The van der Waals surface area contributed by atoms with Crippen molar-refractivity contribution in [2.75, 3.05) is 29.9 Å². The van der Waals surface area contributed by atoms with Crippen LogP contribution in [-0.2, 0) is 21.0 Å². The van der Waals surface area contributed by atoms with Gasteiger partial charge in [0.05, 0.1) is 22.9 Å². The van der Waals surface area contributed by atoms with Gasteiger partial charge < -0.3 is 19.9 Å². The van der Waals surface area contributed by atoms with Crippen LogP contribution in [0.2, 0.25) is 10.0 Å². The van der Waals surface area contributed by atoms with Gasteiger partial charge in [0.2, 0.25) is 17.7 Å².